The van der Waals surface area contributed by atoms with E-state index in [4.69, 9.17) is 4.74 Å². The molecule has 29 heavy (non-hydrogen) atoms. The van der Waals surface area contributed by atoms with Gasteiger partial charge in [0.05, 0.1) is 18.5 Å². The van der Waals surface area contributed by atoms with Crippen molar-refractivity contribution in [2.75, 3.05) is 17.7 Å². The van der Waals surface area contributed by atoms with Crippen LogP contribution in [0.1, 0.15) is 39.6 Å². The number of nitrogens with one attached hydrogen (secondary N) is 2. The summed E-state index contributed by atoms with van der Waals surface area (Å²) in [4.78, 5) is 30.2. The number of ether oxygens (including phenoxy) is 1. The lowest BCUT2D eigenvalue weighted by atomic mass is 10.1. The van der Waals surface area contributed by atoms with E-state index in [2.05, 4.69) is 15.6 Å². The van der Waals surface area contributed by atoms with E-state index in [9.17, 15) is 9.59 Å². The number of para-hydroxylation sites is 3. The van der Waals surface area contributed by atoms with Crippen molar-refractivity contribution in [2.45, 2.75) is 25.8 Å². The van der Waals surface area contributed by atoms with Gasteiger partial charge in [-0.05, 0) is 43.5 Å². The Bertz CT molecular complexity index is 1040. The van der Waals surface area contributed by atoms with Crippen LogP contribution in [0.4, 0.5) is 11.4 Å². The molecule has 2 N–H and O–H groups in total. The highest BCUT2D eigenvalue weighted by atomic mass is 16.5. The number of fused-ring (bicyclic) bond motifs is 1. The molecule has 4 rings (SSSR count). The number of methoxy groups -OCH3 is 1. The zero-order chi connectivity index (χ0) is 20.2. The molecule has 0 bridgehead atoms. The van der Waals surface area contributed by atoms with Gasteiger partial charge in [0.25, 0.3) is 11.8 Å². The fourth-order valence-corrected chi connectivity index (χ4v) is 3.54. The van der Waals surface area contributed by atoms with Gasteiger partial charge in [-0.15, -0.1) is 0 Å². The highest BCUT2D eigenvalue weighted by Crippen LogP contribution is 2.26. The number of nitrogens with zero attached hydrogens (tertiary/aromatic N) is 2. The number of hydrogen-bond donors (Lipinski definition) is 2. The Kier molecular flexibility index (Phi) is 5.29. The van der Waals surface area contributed by atoms with Crippen molar-refractivity contribution < 1.29 is 14.3 Å². The highest BCUT2D eigenvalue weighted by Gasteiger charge is 2.28. The molecule has 148 valence electrons. The molecule has 0 unspecified atom stereocenters. The van der Waals surface area contributed by atoms with E-state index in [0.717, 1.165) is 18.5 Å². The summed E-state index contributed by atoms with van der Waals surface area (Å²) in [6.07, 6.45) is 2.61. The summed E-state index contributed by atoms with van der Waals surface area (Å²) in [5.41, 5.74) is 2.33. The molecule has 1 aliphatic heterocycles. The summed E-state index contributed by atoms with van der Waals surface area (Å²) in [6.45, 7) is 0.668. The Morgan fingerprint density at radius 3 is 2.52 bits per heavy atom. The summed E-state index contributed by atoms with van der Waals surface area (Å²) >= 11 is 0. The van der Waals surface area contributed by atoms with Crippen LogP contribution in [0.3, 0.4) is 0 Å². The quantitative estimate of drug-likeness (QED) is 0.695. The van der Waals surface area contributed by atoms with Gasteiger partial charge in [-0.25, -0.2) is 4.98 Å². The maximum absolute atomic E-state index is 13.0. The summed E-state index contributed by atoms with van der Waals surface area (Å²) in [6, 6.07) is 16.4. The van der Waals surface area contributed by atoms with Crippen molar-refractivity contribution >= 4 is 23.2 Å². The molecule has 0 saturated carbocycles. The first-order chi connectivity index (χ1) is 14.2. The molecule has 2 aromatic carbocycles. The SMILES string of the molecule is COc1ccccc1NC(=O)c1nc(C(=O)Nc2ccccc2)n2c1CCCC2. The normalized spacial score (nSPS) is 12.7. The predicted octanol–water partition coefficient (Wildman–Crippen LogP) is 3.73. The van der Waals surface area contributed by atoms with E-state index >= 15 is 0 Å². The van der Waals surface area contributed by atoms with Crippen LogP contribution in [0.15, 0.2) is 54.6 Å². The number of amides is 2. The number of imidazole rings is 1. The van der Waals surface area contributed by atoms with E-state index in [0.29, 0.717) is 30.1 Å². The molecule has 1 aliphatic rings. The second-order valence-electron chi connectivity index (χ2n) is 6.81. The zero-order valence-corrected chi connectivity index (χ0v) is 16.1. The first-order valence-electron chi connectivity index (χ1n) is 9.57. The largest absolute Gasteiger partial charge is 0.495 e. The van der Waals surface area contributed by atoms with E-state index < -0.39 is 0 Å². The Morgan fingerprint density at radius 2 is 1.72 bits per heavy atom. The molecule has 0 saturated heterocycles. The summed E-state index contributed by atoms with van der Waals surface area (Å²) in [7, 11) is 1.55. The first-order valence-corrected chi connectivity index (χ1v) is 9.57. The van der Waals surface area contributed by atoms with Crippen LogP contribution in [0.5, 0.6) is 5.75 Å². The van der Waals surface area contributed by atoms with Gasteiger partial charge in [0, 0.05) is 12.2 Å². The van der Waals surface area contributed by atoms with Crippen LogP contribution < -0.4 is 15.4 Å². The van der Waals surface area contributed by atoms with E-state index in [1.54, 1.807) is 19.2 Å². The van der Waals surface area contributed by atoms with Crippen molar-refractivity contribution in [3.8, 4) is 5.75 Å². The average Bonchev–Trinajstić information content (AvgIpc) is 3.15. The molecule has 2 heterocycles. The molecule has 0 radical (unpaired) electrons. The Balaban J connectivity index is 1.64. The van der Waals surface area contributed by atoms with E-state index in [1.807, 2.05) is 47.0 Å². The number of benzene rings is 2. The van der Waals surface area contributed by atoms with Crippen molar-refractivity contribution in [2.24, 2.45) is 0 Å². The number of aromatic nitrogens is 2. The van der Waals surface area contributed by atoms with Crippen LogP contribution in [-0.2, 0) is 13.0 Å². The van der Waals surface area contributed by atoms with Gasteiger partial charge in [0.2, 0.25) is 0 Å². The molecule has 1 aromatic heterocycles. The van der Waals surface area contributed by atoms with Crippen molar-refractivity contribution in [1.29, 1.82) is 0 Å². The van der Waals surface area contributed by atoms with Crippen LogP contribution in [0.25, 0.3) is 0 Å². The van der Waals surface area contributed by atoms with E-state index in [-0.39, 0.29) is 23.3 Å². The zero-order valence-electron chi connectivity index (χ0n) is 16.1. The molecular weight excluding hydrogens is 368 g/mol. The van der Waals surface area contributed by atoms with Crippen LogP contribution in [0.2, 0.25) is 0 Å². The van der Waals surface area contributed by atoms with Gasteiger partial charge >= 0.3 is 0 Å². The average molecular weight is 390 g/mol. The van der Waals surface area contributed by atoms with Crippen molar-refractivity contribution in [1.82, 2.24) is 9.55 Å². The monoisotopic (exact) mass is 390 g/mol. The lowest BCUT2D eigenvalue weighted by Crippen LogP contribution is -2.21. The number of anilines is 2. The van der Waals surface area contributed by atoms with Crippen LogP contribution in [-0.4, -0.2) is 28.5 Å². The molecule has 7 heteroatoms. The first kappa shape index (κ1) is 18.7. The highest BCUT2D eigenvalue weighted by molar-refractivity contribution is 6.07. The van der Waals surface area contributed by atoms with Crippen molar-refractivity contribution in [3.05, 3.63) is 71.8 Å². The minimum atomic E-state index is -0.348. The number of carbonyl (C=O) groups excluding carboxylic acids is 2. The summed E-state index contributed by atoms with van der Waals surface area (Å²) < 4.78 is 7.16. The van der Waals surface area contributed by atoms with Gasteiger partial charge in [0.15, 0.2) is 11.5 Å². The lowest BCUT2D eigenvalue weighted by molar-refractivity contribution is 0.101. The minimum Gasteiger partial charge on any atom is -0.495 e. The molecular formula is C22H22N4O3. The number of rotatable bonds is 5. The molecule has 0 fully saturated rings. The fraction of sp³-hybridized carbons (Fsp3) is 0.227. The van der Waals surface area contributed by atoms with Gasteiger partial charge in [-0.3, -0.25) is 9.59 Å². The van der Waals surface area contributed by atoms with Gasteiger partial charge in [-0.1, -0.05) is 30.3 Å². The molecule has 0 aliphatic carbocycles. The second-order valence-corrected chi connectivity index (χ2v) is 6.81. The summed E-state index contributed by atoms with van der Waals surface area (Å²) in [5.74, 6) is 0.152. The topological polar surface area (TPSA) is 85.2 Å². The standard InChI is InChI=1S/C22H22N4O3/c1-29-18-13-6-5-11-16(18)24-21(27)19-17-12-7-8-14-26(17)20(25-19)22(28)23-15-9-3-2-4-10-15/h2-6,9-11,13H,7-8,12,14H2,1H3,(H,23,28)(H,24,27). The Hall–Kier alpha value is -3.61. The fourth-order valence-electron chi connectivity index (χ4n) is 3.54. The van der Waals surface area contributed by atoms with Crippen LogP contribution >= 0.6 is 0 Å². The molecule has 0 spiro atoms. The predicted molar refractivity (Wildman–Crippen MR) is 111 cm³/mol. The van der Waals surface area contributed by atoms with Gasteiger partial charge < -0.3 is 19.9 Å². The smallest absolute Gasteiger partial charge is 0.291 e. The molecule has 3 aromatic rings. The Morgan fingerprint density at radius 1 is 0.966 bits per heavy atom. The van der Waals surface area contributed by atoms with E-state index in [1.165, 1.54) is 0 Å². The lowest BCUT2D eigenvalue weighted by Gasteiger charge is -2.17. The molecule has 0 atom stereocenters. The molecule has 7 nitrogen and oxygen atoms in total. The van der Waals surface area contributed by atoms with Crippen LogP contribution in [0, 0.1) is 0 Å². The van der Waals surface area contributed by atoms with Gasteiger partial charge in [-0.2, -0.15) is 0 Å². The number of hydrogen-bond acceptors (Lipinski definition) is 4. The maximum atomic E-state index is 13.0. The third-order valence-electron chi connectivity index (χ3n) is 4.92. The third-order valence-corrected chi connectivity index (χ3v) is 4.92. The summed E-state index contributed by atoms with van der Waals surface area (Å²) in [5, 5.41) is 5.71. The molecule has 2 amide bonds. The minimum absolute atomic E-state index is 0.258. The third kappa shape index (κ3) is 3.85. The Labute approximate surface area is 168 Å². The maximum Gasteiger partial charge on any atom is 0.291 e. The van der Waals surface area contributed by atoms with Crippen molar-refractivity contribution in [3.63, 3.8) is 0 Å². The van der Waals surface area contributed by atoms with Gasteiger partial charge in [0.1, 0.15) is 5.75 Å². The second kappa shape index (κ2) is 8.18. The number of carbonyl (C=O) groups is 2.